The summed E-state index contributed by atoms with van der Waals surface area (Å²) in [6.07, 6.45) is 15.9. The van der Waals surface area contributed by atoms with E-state index in [2.05, 4.69) is 234 Å². The molecule has 0 radical (unpaired) electrons. The molecule has 0 aliphatic heterocycles. The number of allylic oxidation sites excluding steroid dienone is 7. The highest BCUT2D eigenvalue weighted by Crippen LogP contribution is 2.51. The Labute approximate surface area is 362 Å². The van der Waals surface area contributed by atoms with E-state index in [1.807, 2.05) is 0 Å². The Morgan fingerprint density at radius 2 is 1.30 bits per heavy atom. The zero-order valence-corrected chi connectivity index (χ0v) is 36.7. The van der Waals surface area contributed by atoms with Crippen molar-refractivity contribution in [3.8, 4) is 11.1 Å². The molecular formula is C59H56N2. The third kappa shape index (κ3) is 7.46. The lowest BCUT2D eigenvalue weighted by molar-refractivity contribution is 0.739. The molecule has 0 spiro atoms. The summed E-state index contributed by atoms with van der Waals surface area (Å²) in [4.78, 5) is 5.04. The fraction of sp³-hybridized carbons (Fsp3) is 0.186. The van der Waals surface area contributed by atoms with Gasteiger partial charge in [-0.3, -0.25) is 0 Å². The van der Waals surface area contributed by atoms with Gasteiger partial charge in [0, 0.05) is 38.9 Å². The second-order valence-corrected chi connectivity index (χ2v) is 17.1. The first-order valence-corrected chi connectivity index (χ1v) is 22.1. The van der Waals surface area contributed by atoms with Crippen molar-refractivity contribution in [2.45, 2.75) is 67.2 Å². The molecule has 302 valence electrons. The van der Waals surface area contributed by atoms with Gasteiger partial charge in [-0.1, -0.05) is 167 Å². The molecule has 1 aliphatic rings. The van der Waals surface area contributed by atoms with Crippen LogP contribution in [0.25, 0.3) is 49.0 Å². The Kier molecular flexibility index (Phi) is 11.0. The topological polar surface area (TPSA) is 6.48 Å². The summed E-state index contributed by atoms with van der Waals surface area (Å²) in [5.74, 6) is 0.975. The molecule has 2 heteroatoms. The molecule has 9 rings (SSSR count). The lowest BCUT2D eigenvalue weighted by Crippen LogP contribution is -2.19. The summed E-state index contributed by atoms with van der Waals surface area (Å²) in [5.41, 5.74) is 15.6. The molecule has 0 fully saturated rings. The maximum Gasteiger partial charge on any atom is 0.0561 e. The van der Waals surface area contributed by atoms with Crippen LogP contribution in [-0.4, -0.2) is 0 Å². The first-order valence-electron chi connectivity index (χ1n) is 22.1. The molecule has 61 heavy (non-hydrogen) atoms. The highest BCUT2D eigenvalue weighted by Gasteiger charge is 2.27. The molecule has 0 bridgehead atoms. The van der Waals surface area contributed by atoms with Crippen LogP contribution >= 0.6 is 0 Å². The predicted molar refractivity (Wildman–Crippen MR) is 266 cm³/mol. The van der Waals surface area contributed by atoms with E-state index in [0.717, 1.165) is 41.3 Å². The Hall–Kier alpha value is -6.64. The van der Waals surface area contributed by atoms with Crippen LogP contribution in [0.15, 0.2) is 182 Å². The summed E-state index contributed by atoms with van der Waals surface area (Å²) in [6, 6.07) is 52.4. The van der Waals surface area contributed by atoms with Gasteiger partial charge in [0.05, 0.1) is 11.4 Å². The quantitative estimate of drug-likeness (QED) is 0.0951. The zero-order valence-electron chi connectivity index (χ0n) is 36.7. The van der Waals surface area contributed by atoms with Crippen LogP contribution in [0.3, 0.4) is 0 Å². The van der Waals surface area contributed by atoms with E-state index in [0.29, 0.717) is 11.8 Å². The van der Waals surface area contributed by atoms with Gasteiger partial charge in [0.15, 0.2) is 0 Å². The number of hydrogen-bond acceptors (Lipinski definition) is 2. The van der Waals surface area contributed by atoms with Crippen LogP contribution in [-0.2, 0) is 0 Å². The average molecular weight is 793 g/mol. The first kappa shape index (κ1) is 39.8. The normalized spacial score (nSPS) is 14.5. The van der Waals surface area contributed by atoms with Crippen LogP contribution in [0.1, 0.15) is 75.6 Å². The SMILES string of the molecule is C/C=C(\C=C/CC)N(c1cc(-c2ccccc2)ccc1C)c1cc(N(c2ccccc2)c2cc(C3=CCC(C)C=C3)ccc2C)c2ccc3cc(C(C)C)cc4ccc1c2c43. The van der Waals surface area contributed by atoms with Gasteiger partial charge in [0.1, 0.15) is 0 Å². The lowest BCUT2D eigenvalue weighted by atomic mass is 9.88. The third-order valence-corrected chi connectivity index (χ3v) is 12.6. The van der Waals surface area contributed by atoms with Crippen molar-refractivity contribution >= 4 is 66.3 Å². The van der Waals surface area contributed by atoms with Crippen LogP contribution in [0.4, 0.5) is 28.4 Å². The predicted octanol–water partition coefficient (Wildman–Crippen LogP) is 17.4. The van der Waals surface area contributed by atoms with Crippen LogP contribution in [0, 0.1) is 19.8 Å². The molecule has 1 unspecified atom stereocenters. The smallest absolute Gasteiger partial charge is 0.0561 e. The second kappa shape index (κ2) is 16.8. The summed E-state index contributed by atoms with van der Waals surface area (Å²) in [5, 5.41) is 7.62. The second-order valence-electron chi connectivity index (χ2n) is 17.1. The number of para-hydroxylation sites is 1. The van der Waals surface area contributed by atoms with E-state index in [-0.39, 0.29) is 0 Å². The first-order chi connectivity index (χ1) is 29.7. The number of anilines is 5. The van der Waals surface area contributed by atoms with E-state index in [4.69, 9.17) is 0 Å². The fourth-order valence-corrected chi connectivity index (χ4v) is 9.17. The van der Waals surface area contributed by atoms with Crippen molar-refractivity contribution < 1.29 is 0 Å². The maximum atomic E-state index is 2.52. The maximum absolute atomic E-state index is 2.52. The van der Waals surface area contributed by atoms with E-state index >= 15 is 0 Å². The van der Waals surface area contributed by atoms with Crippen molar-refractivity contribution in [2.24, 2.45) is 5.92 Å². The van der Waals surface area contributed by atoms with Crippen molar-refractivity contribution in [1.82, 2.24) is 0 Å². The Morgan fingerprint density at radius 1 is 0.656 bits per heavy atom. The summed E-state index contributed by atoms with van der Waals surface area (Å²) in [6.45, 7) is 15.8. The molecule has 0 heterocycles. The molecule has 1 atom stereocenters. The van der Waals surface area contributed by atoms with E-state index in [9.17, 15) is 0 Å². The number of nitrogens with zero attached hydrogens (tertiary/aromatic N) is 2. The van der Waals surface area contributed by atoms with Crippen molar-refractivity contribution in [2.75, 3.05) is 9.80 Å². The molecule has 0 saturated heterocycles. The van der Waals surface area contributed by atoms with Crippen molar-refractivity contribution in [3.63, 3.8) is 0 Å². The molecule has 2 nitrogen and oxygen atoms in total. The van der Waals surface area contributed by atoms with E-state index in [1.165, 1.54) is 77.0 Å². The largest absolute Gasteiger partial charge is 0.310 e. The van der Waals surface area contributed by atoms with Gasteiger partial charge >= 0.3 is 0 Å². The summed E-state index contributed by atoms with van der Waals surface area (Å²) in [7, 11) is 0. The Balaban J connectivity index is 1.41. The number of rotatable bonds is 11. The highest BCUT2D eigenvalue weighted by atomic mass is 15.2. The molecule has 1 aliphatic carbocycles. The zero-order chi connectivity index (χ0) is 42.2. The summed E-state index contributed by atoms with van der Waals surface area (Å²) >= 11 is 0. The monoisotopic (exact) mass is 792 g/mol. The van der Waals surface area contributed by atoms with Gasteiger partial charge in [-0.2, -0.15) is 0 Å². The molecule has 0 N–H and O–H groups in total. The van der Waals surface area contributed by atoms with Crippen molar-refractivity contribution in [1.29, 1.82) is 0 Å². The van der Waals surface area contributed by atoms with Gasteiger partial charge in [-0.05, 0) is 137 Å². The Morgan fingerprint density at radius 3 is 1.93 bits per heavy atom. The molecule has 0 saturated carbocycles. The molecule has 0 amide bonds. The van der Waals surface area contributed by atoms with Crippen LogP contribution in [0.2, 0.25) is 0 Å². The highest BCUT2D eigenvalue weighted by molar-refractivity contribution is 6.29. The number of aryl methyl sites for hydroxylation is 2. The van der Waals surface area contributed by atoms with Crippen molar-refractivity contribution in [3.05, 3.63) is 204 Å². The molecule has 8 aromatic carbocycles. The number of hydrogen-bond donors (Lipinski definition) is 0. The van der Waals surface area contributed by atoms with Gasteiger partial charge in [0.25, 0.3) is 0 Å². The van der Waals surface area contributed by atoms with Gasteiger partial charge in [-0.25, -0.2) is 0 Å². The van der Waals surface area contributed by atoms with E-state index in [1.54, 1.807) is 0 Å². The van der Waals surface area contributed by atoms with Crippen LogP contribution in [0.5, 0.6) is 0 Å². The van der Waals surface area contributed by atoms with Crippen LogP contribution < -0.4 is 9.80 Å². The van der Waals surface area contributed by atoms with Gasteiger partial charge in [-0.15, -0.1) is 0 Å². The molecular weight excluding hydrogens is 737 g/mol. The minimum Gasteiger partial charge on any atom is -0.310 e. The van der Waals surface area contributed by atoms with Gasteiger partial charge in [0.2, 0.25) is 0 Å². The molecule has 8 aromatic rings. The third-order valence-electron chi connectivity index (χ3n) is 12.6. The molecule has 0 aromatic heterocycles. The Bertz CT molecular complexity index is 2980. The van der Waals surface area contributed by atoms with Gasteiger partial charge < -0.3 is 9.80 Å². The summed E-state index contributed by atoms with van der Waals surface area (Å²) < 4.78 is 0. The lowest BCUT2D eigenvalue weighted by Gasteiger charge is -2.34. The standard InChI is InChI=1S/C59H56N2/c1-8-10-19-50(9-2)60(54-36-45(28-24-41(54)6)43-17-13-11-14-18-43)56-38-57(53-33-31-48-35-49(39(3)4)34-47-30-32-52(56)59(53)58(47)48)61(51-20-15-12-16-21-51)55-37-46(29-25-42(55)7)44-26-22-40(5)23-27-44/h9-22,24-40H,8,23H2,1-7H3/b19-10-,50-9+. The minimum absolute atomic E-state index is 0.423. The fourth-order valence-electron chi connectivity index (χ4n) is 9.17. The average Bonchev–Trinajstić information content (AvgIpc) is 3.29. The number of benzene rings is 8. The minimum atomic E-state index is 0.423. The van der Waals surface area contributed by atoms with E-state index < -0.39 is 0 Å².